The number of nitrogens with one attached hydrogen (secondary N) is 1. The van der Waals surface area contributed by atoms with Crippen molar-refractivity contribution >= 4 is 11.8 Å². The van der Waals surface area contributed by atoms with Crippen molar-refractivity contribution in [1.29, 1.82) is 0 Å². The molecule has 0 saturated carbocycles. The number of anilines is 1. The summed E-state index contributed by atoms with van der Waals surface area (Å²) in [6, 6.07) is 19.7. The van der Waals surface area contributed by atoms with E-state index in [0.29, 0.717) is 29.2 Å². The van der Waals surface area contributed by atoms with E-state index in [9.17, 15) is 18.0 Å². The third-order valence-electron chi connectivity index (χ3n) is 5.21. The van der Waals surface area contributed by atoms with Gasteiger partial charge in [-0.25, -0.2) is 14.5 Å². The average molecular weight is 512 g/mol. The van der Waals surface area contributed by atoms with Gasteiger partial charge in [-0.2, -0.15) is 0 Å². The smallest absolute Gasteiger partial charge is 0.497 e. The first-order chi connectivity index (χ1) is 17.7. The average Bonchev–Trinajstić information content (AvgIpc) is 3.34. The van der Waals surface area contributed by atoms with E-state index in [1.54, 1.807) is 31.4 Å². The van der Waals surface area contributed by atoms with Crippen molar-refractivity contribution in [3.8, 4) is 28.6 Å². The van der Waals surface area contributed by atoms with E-state index in [2.05, 4.69) is 20.1 Å². The predicted octanol–water partition coefficient (Wildman–Crippen LogP) is 6.02. The van der Waals surface area contributed by atoms with Gasteiger partial charge in [0, 0.05) is 17.7 Å². The molecule has 0 saturated heterocycles. The molecule has 8 nitrogen and oxygen atoms in total. The fourth-order valence-corrected chi connectivity index (χ4v) is 3.49. The summed E-state index contributed by atoms with van der Waals surface area (Å²) in [5.41, 5.74) is 2.74. The first-order valence-electron chi connectivity index (χ1n) is 11.2. The number of hydrogen-bond donors (Lipinski definition) is 1. The summed E-state index contributed by atoms with van der Waals surface area (Å²) in [5.74, 6) is 0.834. The number of benzene rings is 3. The number of rotatable bonds is 8. The zero-order valence-corrected chi connectivity index (χ0v) is 19.9. The van der Waals surface area contributed by atoms with Crippen LogP contribution in [0.5, 0.6) is 11.5 Å². The van der Waals surface area contributed by atoms with E-state index in [-0.39, 0.29) is 11.9 Å². The second kappa shape index (κ2) is 11.0. The number of ether oxygens (including phenoxy) is 3. The standard InChI is InChI=1S/C26H23F3N4O4/c1-17(15-18-3-11-22(35-2)12-4-18)36-25(34)31-20-7-5-19(6-8-20)24-30-16-33(32-24)21-9-13-23(14-10-21)37-26(27,28)29/h3-14,16-17H,15H2,1-2H3,(H,31,34). The maximum Gasteiger partial charge on any atom is 0.573 e. The molecule has 11 heteroatoms. The number of halogens is 3. The number of methoxy groups -OCH3 is 1. The van der Waals surface area contributed by atoms with Gasteiger partial charge in [-0.1, -0.05) is 12.1 Å². The van der Waals surface area contributed by atoms with Crippen LogP contribution in [0.4, 0.5) is 23.7 Å². The Balaban J connectivity index is 1.32. The number of hydrogen-bond acceptors (Lipinski definition) is 6. The Morgan fingerprint density at radius 2 is 1.62 bits per heavy atom. The van der Waals surface area contributed by atoms with E-state index >= 15 is 0 Å². The molecule has 1 heterocycles. The summed E-state index contributed by atoms with van der Waals surface area (Å²) in [4.78, 5) is 16.5. The summed E-state index contributed by atoms with van der Waals surface area (Å²) < 4.78 is 52.9. The van der Waals surface area contributed by atoms with Crippen molar-refractivity contribution in [2.75, 3.05) is 12.4 Å². The largest absolute Gasteiger partial charge is 0.573 e. The van der Waals surface area contributed by atoms with Gasteiger partial charge >= 0.3 is 12.5 Å². The Hall–Kier alpha value is -4.54. The molecule has 4 rings (SSSR count). The number of carbonyl (C=O) groups is 1. The molecular formula is C26H23F3N4O4. The van der Waals surface area contributed by atoms with Crippen LogP contribution in [0.2, 0.25) is 0 Å². The molecular weight excluding hydrogens is 489 g/mol. The lowest BCUT2D eigenvalue weighted by molar-refractivity contribution is -0.274. The molecule has 192 valence electrons. The molecule has 3 aromatic carbocycles. The zero-order valence-electron chi connectivity index (χ0n) is 19.9. The first kappa shape index (κ1) is 25.5. The highest BCUT2D eigenvalue weighted by Crippen LogP contribution is 2.24. The van der Waals surface area contributed by atoms with Crippen molar-refractivity contribution in [2.24, 2.45) is 0 Å². The zero-order chi connectivity index (χ0) is 26.4. The van der Waals surface area contributed by atoms with Crippen LogP contribution in [0.25, 0.3) is 17.1 Å². The predicted molar refractivity (Wildman–Crippen MR) is 130 cm³/mol. The number of amides is 1. The van der Waals surface area contributed by atoms with Gasteiger partial charge in [0.25, 0.3) is 0 Å². The minimum Gasteiger partial charge on any atom is -0.497 e. The SMILES string of the molecule is COc1ccc(CC(C)OC(=O)Nc2ccc(-c3ncn(-c4ccc(OC(F)(F)F)cc4)n3)cc2)cc1. The van der Waals surface area contributed by atoms with E-state index in [1.807, 2.05) is 31.2 Å². The molecule has 0 bridgehead atoms. The lowest BCUT2D eigenvalue weighted by Crippen LogP contribution is -2.21. The van der Waals surface area contributed by atoms with Crippen molar-refractivity contribution in [3.63, 3.8) is 0 Å². The second-order valence-corrected chi connectivity index (χ2v) is 8.02. The Labute approximate surface area is 210 Å². The fraction of sp³-hybridized carbons (Fsp3) is 0.192. The topological polar surface area (TPSA) is 87.5 Å². The van der Waals surface area contributed by atoms with Gasteiger partial charge in [-0.3, -0.25) is 5.32 Å². The van der Waals surface area contributed by atoms with Crippen LogP contribution in [-0.4, -0.2) is 40.4 Å². The van der Waals surface area contributed by atoms with Gasteiger partial charge in [-0.05, 0) is 73.2 Å². The quantitative estimate of drug-likeness (QED) is 0.311. The normalized spacial score (nSPS) is 12.0. The van der Waals surface area contributed by atoms with Crippen molar-refractivity contribution in [1.82, 2.24) is 14.8 Å². The lowest BCUT2D eigenvalue weighted by atomic mass is 10.1. The summed E-state index contributed by atoms with van der Waals surface area (Å²) in [6.45, 7) is 1.81. The Bertz CT molecular complexity index is 1320. The van der Waals surface area contributed by atoms with Crippen LogP contribution >= 0.6 is 0 Å². The van der Waals surface area contributed by atoms with Crippen LogP contribution in [0.1, 0.15) is 12.5 Å². The maximum absolute atomic E-state index is 12.3. The second-order valence-electron chi connectivity index (χ2n) is 8.02. The summed E-state index contributed by atoms with van der Waals surface area (Å²) >= 11 is 0. The molecule has 1 aromatic heterocycles. The van der Waals surface area contributed by atoms with Gasteiger partial charge in [0.1, 0.15) is 23.9 Å². The third-order valence-corrected chi connectivity index (χ3v) is 5.21. The highest BCUT2D eigenvalue weighted by molar-refractivity contribution is 5.85. The van der Waals surface area contributed by atoms with Gasteiger partial charge in [0.2, 0.25) is 0 Å². The van der Waals surface area contributed by atoms with Crippen molar-refractivity contribution < 1.29 is 32.2 Å². The third kappa shape index (κ3) is 7.23. The van der Waals surface area contributed by atoms with E-state index < -0.39 is 12.5 Å². The molecule has 0 fully saturated rings. The van der Waals surface area contributed by atoms with Crippen molar-refractivity contribution in [3.05, 3.63) is 84.7 Å². The molecule has 1 atom stereocenters. The van der Waals surface area contributed by atoms with E-state index in [1.165, 1.54) is 35.3 Å². The number of nitrogens with zero attached hydrogens (tertiary/aromatic N) is 3. The molecule has 0 spiro atoms. The monoisotopic (exact) mass is 512 g/mol. The Kier molecular flexibility index (Phi) is 7.61. The summed E-state index contributed by atoms with van der Waals surface area (Å²) in [5, 5.41) is 7.05. The molecule has 4 aromatic rings. The highest BCUT2D eigenvalue weighted by Gasteiger charge is 2.31. The molecule has 37 heavy (non-hydrogen) atoms. The molecule has 0 radical (unpaired) electrons. The van der Waals surface area contributed by atoms with Crippen LogP contribution in [0.15, 0.2) is 79.1 Å². The molecule has 1 amide bonds. The molecule has 0 aliphatic carbocycles. The van der Waals surface area contributed by atoms with E-state index in [0.717, 1.165) is 11.3 Å². The first-order valence-corrected chi connectivity index (χ1v) is 11.2. The number of alkyl halides is 3. The minimum absolute atomic E-state index is 0.326. The van der Waals surface area contributed by atoms with Crippen LogP contribution in [0.3, 0.4) is 0 Å². The maximum atomic E-state index is 12.3. The van der Waals surface area contributed by atoms with E-state index in [4.69, 9.17) is 9.47 Å². The minimum atomic E-state index is -4.75. The lowest BCUT2D eigenvalue weighted by Gasteiger charge is -2.14. The van der Waals surface area contributed by atoms with Gasteiger partial charge < -0.3 is 14.2 Å². The number of aromatic nitrogens is 3. The molecule has 1 N–H and O–H groups in total. The number of carbonyl (C=O) groups excluding carboxylic acids is 1. The Morgan fingerprint density at radius 1 is 0.973 bits per heavy atom. The fourth-order valence-electron chi connectivity index (χ4n) is 3.49. The highest BCUT2D eigenvalue weighted by atomic mass is 19.4. The molecule has 0 aliphatic heterocycles. The Morgan fingerprint density at radius 3 is 2.24 bits per heavy atom. The summed E-state index contributed by atoms with van der Waals surface area (Å²) in [7, 11) is 1.60. The van der Waals surface area contributed by atoms with Gasteiger partial charge in [0.05, 0.1) is 12.8 Å². The van der Waals surface area contributed by atoms with Crippen LogP contribution in [-0.2, 0) is 11.2 Å². The van der Waals surface area contributed by atoms with Crippen molar-refractivity contribution in [2.45, 2.75) is 25.8 Å². The van der Waals surface area contributed by atoms with Crippen LogP contribution < -0.4 is 14.8 Å². The molecule has 0 aliphatic rings. The van der Waals surface area contributed by atoms with Gasteiger partial charge in [-0.15, -0.1) is 18.3 Å². The molecule has 1 unspecified atom stereocenters. The summed E-state index contributed by atoms with van der Waals surface area (Å²) in [6.07, 6.45) is -3.66. The van der Waals surface area contributed by atoms with Gasteiger partial charge in [0.15, 0.2) is 5.82 Å². The van der Waals surface area contributed by atoms with Crippen LogP contribution in [0, 0.1) is 0 Å².